The summed E-state index contributed by atoms with van der Waals surface area (Å²) in [6.07, 6.45) is -1.17. The number of carboxylic acids is 1. The van der Waals surface area contributed by atoms with E-state index in [1.54, 1.807) is 32.9 Å². The van der Waals surface area contributed by atoms with Crippen LogP contribution in [0, 0.1) is 0 Å². The summed E-state index contributed by atoms with van der Waals surface area (Å²) in [6.45, 7) is 4.45. The van der Waals surface area contributed by atoms with E-state index >= 15 is 0 Å². The van der Waals surface area contributed by atoms with E-state index in [1.807, 2.05) is 0 Å². The Morgan fingerprint density at radius 1 is 1.15 bits per heavy atom. The van der Waals surface area contributed by atoms with Crippen molar-refractivity contribution in [1.82, 2.24) is 5.06 Å². The maximum Gasteiger partial charge on any atom is 0.528 e. The Morgan fingerprint density at radius 2 is 1.69 bits per heavy atom. The highest BCUT2D eigenvalue weighted by Crippen LogP contribution is 2.27. The summed E-state index contributed by atoms with van der Waals surface area (Å²) in [7, 11) is 0. The molecule has 0 fully saturated rings. The Labute approximate surface area is 166 Å². The lowest BCUT2D eigenvalue weighted by molar-refractivity contribution is -0.211. The van der Waals surface area contributed by atoms with Crippen LogP contribution in [0.25, 0.3) is 0 Å². The van der Waals surface area contributed by atoms with Gasteiger partial charge in [-0.15, -0.1) is 5.06 Å². The van der Waals surface area contributed by atoms with Crippen molar-refractivity contribution in [2.45, 2.75) is 42.6 Å². The third-order valence-corrected chi connectivity index (χ3v) is 3.45. The first kappa shape index (κ1) is 22.6. The minimum atomic E-state index is -1.82. The molecule has 0 aromatic heterocycles. The number of nitrogens with zero attached hydrogens (tertiary/aromatic N) is 1. The zero-order valence-corrected chi connectivity index (χ0v) is 16.7. The predicted octanol–water partition coefficient (Wildman–Crippen LogP) is 3.93. The monoisotopic (exact) mass is 427 g/mol. The molecule has 0 spiro atoms. The quantitative estimate of drug-likeness (QED) is 0.402. The number of alkyl halides is 3. The highest BCUT2D eigenvalue weighted by Gasteiger charge is 2.38. The van der Waals surface area contributed by atoms with E-state index in [2.05, 4.69) is 0 Å². The molecule has 7 nitrogen and oxygen atoms in total. The molecule has 0 aliphatic carbocycles. The van der Waals surface area contributed by atoms with E-state index in [1.165, 1.54) is 12.1 Å². The van der Waals surface area contributed by atoms with Gasteiger partial charge in [0.2, 0.25) is 3.79 Å². The van der Waals surface area contributed by atoms with Crippen LogP contribution in [0.15, 0.2) is 24.3 Å². The van der Waals surface area contributed by atoms with Crippen molar-refractivity contribution >= 4 is 46.9 Å². The molecule has 0 saturated heterocycles. The van der Waals surface area contributed by atoms with Gasteiger partial charge in [-0.05, 0) is 38.5 Å². The molecule has 0 radical (unpaired) electrons. The van der Waals surface area contributed by atoms with Crippen LogP contribution in [0.3, 0.4) is 0 Å². The van der Waals surface area contributed by atoms with Gasteiger partial charge in [0.15, 0.2) is 0 Å². The molecular weight excluding hydrogens is 409 g/mol. The summed E-state index contributed by atoms with van der Waals surface area (Å²) >= 11 is 16.5. The van der Waals surface area contributed by atoms with Gasteiger partial charge in [0.05, 0.1) is 0 Å². The van der Waals surface area contributed by atoms with Gasteiger partial charge in [0.25, 0.3) is 0 Å². The number of hydrogen-bond acceptors (Lipinski definition) is 6. The fourth-order valence-corrected chi connectivity index (χ4v) is 2.20. The molecule has 0 aliphatic heterocycles. The van der Waals surface area contributed by atoms with Crippen LogP contribution in [0.4, 0.5) is 4.79 Å². The van der Waals surface area contributed by atoms with Crippen molar-refractivity contribution in [3.8, 4) is 5.75 Å². The number of carboxylic acid groups (broad SMARTS) is 1. The maximum atomic E-state index is 11.9. The Hall–Kier alpha value is -1.41. The summed E-state index contributed by atoms with van der Waals surface area (Å²) in [5, 5.41) is 20.0. The van der Waals surface area contributed by atoms with E-state index in [0.29, 0.717) is 5.56 Å². The second-order valence-corrected chi connectivity index (χ2v) is 8.98. The number of hydrogen-bond donors (Lipinski definition) is 2. The van der Waals surface area contributed by atoms with Crippen LogP contribution in [-0.2, 0) is 20.8 Å². The summed E-state index contributed by atoms with van der Waals surface area (Å²) in [5.41, 5.74) is -0.235. The number of hydroxylamine groups is 2. The average molecular weight is 429 g/mol. The molecule has 2 N–H and O–H groups in total. The standard InChI is InChI=1S/C16H20Cl3NO6/c1-15(2,3)20(26-14(24)25-9-16(17,18)19)12(13(22)23)8-10-4-6-11(21)7-5-10/h4-7,12,21H,8-9H2,1-3H3,(H,22,23)/t12-/m0/s1. The first-order valence-corrected chi connectivity index (χ1v) is 8.64. The van der Waals surface area contributed by atoms with Crippen molar-refractivity contribution in [3.05, 3.63) is 29.8 Å². The Morgan fingerprint density at radius 3 is 2.12 bits per heavy atom. The lowest BCUT2D eigenvalue weighted by Crippen LogP contribution is -2.53. The number of rotatable bonds is 6. The number of aromatic hydroxyl groups is 1. The molecule has 26 heavy (non-hydrogen) atoms. The van der Waals surface area contributed by atoms with Gasteiger partial charge in [0, 0.05) is 12.0 Å². The van der Waals surface area contributed by atoms with E-state index < -0.39 is 34.1 Å². The highest BCUT2D eigenvalue weighted by molar-refractivity contribution is 6.67. The molecule has 0 aliphatic rings. The van der Waals surface area contributed by atoms with Gasteiger partial charge in [-0.2, -0.15) is 0 Å². The molecule has 0 amide bonds. The minimum absolute atomic E-state index is 0.0185. The third-order valence-electron chi connectivity index (χ3n) is 3.12. The molecular formula is C16H20Cl3NO6. The molecule has 0 unspecified atom stereocenters. The first-order valence-electron chi connectivity index (χ1n) is 7.51. The van der Waals surface area contributed by atoms with Gasteiger partial charge in [-0.3, -0.25) is 4.79 Å². The maximum absolute atomic E-state index is 11.9. The molecule has 1 atom stereocenters. The Bertz CT molecular complexity index is 624. The molecule has 1 aromatic carbocycles. The smallest absolute Gasteiger partial charge is 0.508 e. The summed E-state index contributed by atoms with van der Waals surface area (Å²) in [5.74, 6) is -1.15. The number of carbonyl (C=O) groups excluding carboxylic acids is 1. The molecule has 0 saturated carbocycles. The number of halogens is 3. The third kappa shape index (κ3) is 7.86. The van der Waals surface area contributed by atoms with Gasteiger partial charge in [-0.25, -0.2) is 4.79 Å². The van der Waals surface area contributed by atoms with Crippen LogP contribution < -0.4 is 0 Å². The van der Waals surface area contributed by atoms with Gasteiger partial charge >= 0.3 is 12.1 Å². The van der Waals surface area contributed by atoms with Crippen molar-refractivity contribution in [2.75, 3.05) is 6.61 Å². The van der Waals surface area contributed by atoms with Crippen molar-refractivity contribution < 1.29 is 29.4 Å². The molecule has 0 bridgehead atoms. The first-order chi connectivity index (χ1) is 11.8. The van der Waals surface area contributed by atoms with Crippen LogP contribution in [0.2, 0.25) is 0 Å². The lowest BCUT2D eigenvalue weighted by Gasteiger charge is -2.37. The number of aliphatic carboxylic acids is 1. The van der Waals surface area contributed by atoms with E-state index in [4.69, 9.17) is 44.4 Å². The number of ether oxygens (including phenoxy) is 1. The largest absolute Gasteiger partial charge is 0.528 e. The topological polar surface area (TPSA) is 96.3 Å². The van der Waals surface area contributed by atoms with E-state index in [0.717, 1.165) is 5.06 Å². The van der Waals surface area contributed by atoms with Gasteiger partial charge in [0.1, 0.15) is 18.4 Å². The Kier molecular flexibility index (Phi) is 7.83. The second kappa shape index (κ2) is 8.99. The molecule has 10 heteroatoms. The summed E-state index contributed by atoms with van der Waals surface area (Å²) in [4.78, 5) is 28.7. The predicted molar refractivity (Wildman–Crippen MR) is 97.5 cm³/mol. The molecule has 0 heterocycles. The molecule has 1 rings (SSSR count). The van der Waals surface area contributed by atoms with Gasteiger partial charge in [-0.1, -0.05) is 46.9 Å². The second-order valence-electron chi connectivity index (χ2n) is 6.47. The number of carbonyl (C=O) groups is 2. The summed E-state index contributed by atoms with van der Waals surface area (Å²) < 4.78 is 2.89. The normalized spacial score (nSPS) is 13.3. The van der Waals surface area contributed by atoms with Crippen LogP contribution >= 0.6 is 34.8 Å². The zero-order valence-electron chi connectivity index (χ0n) is 14.4. The van der Waals surface area contributed by atoms with Crippen LogP contribution in [0.5, 0.6) is 5.75 Å². The summed E-state index contributed by atoms with van der Waals surface area (Å²) in [6, 6.07) is 4.82. The molecule has 146 valence electrons. The fraction of sp³-hybridized carbons (Fsp3) is 0.500. The van der Waals surface area contributed by atoms with Gasteiger partial charge < -0.3 is 19.8 Å². The number of benzene rings is 1. The number of phenolic OH excluding ortho intramolecular Hbond substituents is 1. The molecule has 1 aromatic rings. The SMILES string of the molecule is CC(C)(C)N(OC(=O)OCC(Cl)(Cl)Cl)[C@@H](Cc1ccc(O)cc1)C(=O)O. The van der Waals surface area contributed by atoms with Crippen molar-refractivity contribution in [1.29, 1.82) is 0 Å². The highest BCUT2D eigenvalue weighted by atomic mass is 35.6. The fourth-order valence-electron chi connectivity index (χ4n) is 2.04. The number of phenols is 1. The average Bonchev–Trinajstić information content (AvgIpc) is 2.48. The van der Waals surface area contributed by atoms with Crippen LogP contribution in [0.1, 0.15) is 26.3 Å². The van der Waals surface area contributed by atoms with Crippen LogP contribution in [-0.4, -0.2) is 49.4 Å². The zero-order chi connectivity index (χ0) is 20.1. The van der Waals surface area contributed by atoms with Crippen molar-refractivity contribution in [2.24, 2.45) is 0 Å². The van der Waals surface area contributed by atoms with E-state index in [-0.39, 0.29) is 12.2 Å². The lowest BCUT2D eigenvalue weighted by atomic mass is 10.0. The minimum Gasteiger partial charge on any atom is -0.508 e. The Balaban J connectivity index is 2.97. The van der Waals surface area contributed by atoms with E-state index in [9.17, 15) is 19.8 Å². The van der Waals surface area contributed by atoms with Crippen molar-refractivity contribution in [3.63, 3.8) is 0 Å².